The van der Waals surface area contributed by atoms with Gasteiger partial charge in [0.15, 0.2) is 0 Å². The van der Waals surface area contributed by atoms with Crippen LogP contribution in [0, 0.1) is 11.2 Å². The maximum atomic E-state index is 13.7. The summed E-state index contributed by atoms with van der Waals surface area (Å²) in [6.07, 6.45) is 2.03. The van der Waals surface area contributed by atoms with Crippen molar-refractivity contribution in [2.24, 2.45) is 10.8 Å². The van der Waals surface area contributed by atoms with Crippen molar-refractivity contribution in [1.29, 1.82) is 5.41 Å². The summed E-state index contributed by atoms with van der Waals surface area (Å²) in [4.78, 5) is 0. The zero-order valence-electron chi connectivity index (χ0n) is 11.0. The summed E-state index contributed by atoms with van der Waals surface area (Å²) in [5.41, 5.74) is 6.61. The van der Waals surface area contributed by atoms with Gasteiger partial charge in [-0.25, -0.2) is 8.78 Å². The largest absolute Gasteiger partial charge is 0.382 e. The minimum atomic E-state index is -0.469. The highest BCUT2D eigenvalue weighted by Crippen LogP contribution is 2.26. The molecule has 2 aliphatic heterocycles. The van der Waals surface area contributed by atoms with Gasteiger partial charge in [-0.1, -0.05) is 18.2 Å². The Labute approximate surface area is 119 Å². The number of rotatable bonds is 3. The van der Waals surface area contributed by atoms with Crippen LogP contribution in [0.15, 0.2) is 53.0 Å². The number of nitrogens with two attached hydrogens (primary N) is 1. The van der Waals surface area contributed by atoms with Crippen molar-refractivity contribution in [2.75, 3.05) is 0 Å². The first-order valence-electron chi connectivity index (χ1n) is 6.33. The van der Waals surface area contributed by atoms with E-state index in [-0.39, 0.29) is 23.9 Å². The number of hydrazone groups is 1. The average molecular weight is 289 g/mol. The smallest absolute Gasteiger partial charge is 0.144 e. The number of amidine groups is 1. The number of halogens is 2. The molecule has 0 spiro atoms. The Hall–Kier alpha value is -2.70. The third-order valence-electron chi connectivity index (χ3n) is 3.31. The molecule has 2 aliphatic rings. The molecule has 0 aromatic heterocycles. The fourth-order valence-electron chi connectivity index (χ4n) is 2.34. The van der Waals surface area contributed by atoms with E-state index in [0.29, 0.717) is 11.1 Å². The number of nitrogens with one attached hydrogen (secondary N) is 2. The normalized spacial score (nSPS) is 20.2. The highest BCUT2D eigenvalue weighted by molar-refractivity contribution is 6.46. The Morgan fingerprint density at radius 1 is 1.38 bits per heavy atom. The average Bonchev–Trinajstić information content (AvgIpc) is 2.79. The van der Waals surface area contributed by atoms with Crippen LogP contribution in [0.2, 0.25) is 0 Å². The van der Waals surface area contributed by atoms with Gasteiger partial charge < -0.3 is 11.1 Å². The zero-order valence-corrected chi connectivity index (χ0v) is 11.0. The highest BCUT2D eigenvalue weighted by Gasteiger charge is 2.35. The lowest BCUT2D eigenvalue weighted by molar-refractivity contribution is 0.218. The van der Waals surface area contributed by atoms with E-state index in [1.165, 1.54) is 18.3 Å². The molecule has 2 heterocycles. The van der Waals surface area contributed by atoms with E-state index < -0.39 is 12.0 Å². The lowest BCUT2D eigenvalue weighted by Gasteiger charge is -2.26. The molecule has 108 valence electrons. The molecule has 0 aliphatic carbocycles. The van der Waals surface area contributed by atoms with E-state index >= 15 is 0 Å². The lowest BCUT2D eigenvalue weighted by Crippen LogP contribution is -2.40. The van der Waals surface area contributed by atoms with Crippen molar-refractivity contribution >= 4 is 11.5 Å². The van der Waals surface area contributed by atoms with Gasteiger partial charge in [0, 0.05) is 17.3 Å². The Bertz CT molecular complexity index is 692. The first-order chi connectivity index (χ1) is 10.1. The van der Waals surface area contributed by atoms with Crippen molar-refractivity contribution in [1.82, 2.24) is 10.3 Å². The Kier molecular flexibility index (Phi) is 3.17. The predicted octanol–water partition coefficient (Wildman–Crippen LogP) is 1.60. The first kappa shape index (κ1) is 13.3. The molecule has 1 unspecified atom stereocenters. The summed E-state index contributed by atoms with van der Waals surface area (Å²) < 4.78 is 27.1. The molecule has 1 aromatic carbocycles. The predicted molar refractivity (Wildman–Crippen MR) is 75.5 cm³/mol. The van der Waals surface area contributed by atoms with E-state index in [1.807, 2.05) is 0 Å². The molecular weight excluding hydrogens is 276 g/mol. The minimum Gasteiger partial charge on any atom is -0.382 e. The van der Waals surface area contributed by atoms with Crippen LogP contribution in [0.4, 0.5) is 8.78 Å². The van der Waals surface area contributed by atoms with Gasteiger partial charge in [0.25, 0.3) is 0 Å². The molecule has 0 bridgehead atoms. The van der Waals surface area contributed by atoms with Crippen LogP contribution in [0.1, 0.15) is 5.56 Å². The Morgan fingerprint density at radius 3 is 2.86 bits per heavy atom. The van der Waals surface area contributed by atoms with Gasteiger partial charge in [0.2, 0.25) is 0 Å². The number of allylic oxidation sites excluding steroid dienone is 2. The quantitative estimate of drug-likeness (QED) is 0.584. The van der Waals surface area contributed by atoms with Crippen molar-refractivity contribution in [3.63, 3.8) is 0 Å². The summed E-state index contributed by atoms with van der Waals surface area (Å²) in [5, 5.41) is 16.1. The summed E-state index contributed by atoms with van der Waals surface area (Å²) >= 11 is 0. The first-order valence-corrected chi connectivity index (χ1v) is 6.33. The third kappa shape index (κ3) is 2.37. The fraction of sp³-hybridized carbons (Fsp3) is 0.143. The Morgan fingerprint density at radius 2 is 2.14 bits per heavy atom. The molecule has 0 saturated heterocycles. The van der Waals surface area contributed by atoms with Crippen LogP contribution < -0.4 is 11.1 Å². The van der Waals surface area contributed by atoms with Crippen LogP contribution in [-0.2, 0) is 6.54 Å². The van der Waals surface area contributed by atoms with E-state index in [1.54, 1.807) is 23.2 Å². The van der Waals surface area contributed by atoms with E-state index in [0.717, 1.165) is 0 Å². The number of hydrogen-bond acceptors (Lipinski definition) is 4. The second-order valence-corrected chi connectivity index (χ2v) is 4.75. The summed E-state index contributed by atoms with van der Waals surface area (Å²) in [7, 11) is 0. The SMILES string of the molecule is N=C(N)C1=NN(Cc2ccccc2F)C2NC=C(F)C=C12. The number of nitrogens with zero attached hydrogens (tertiary/aromatic N) is 2. The zero-order chi connectivity index (χ0) is 15.0. The van der Waals surface area contributed by atoms with Gasteiger partial charge >= 0.3 is 0 Å². The summed E-state index contributed by atoms with van der Waals surface area (Å²) in [5.74, 6) is -1.06. The molecule has 5 nitrogen and oxygen atoms in total. The van der Waals surface area contributed by atoms with Crippen molar-refractivity contribution in [3.8, 4) is 0 Å². The molecule has 1 atom stereocenters. The maximum Gasteiger partial charge on any atom is 0.144 e. The van der Waals surface area contributed by atoms with Gasteiger partial charge in [-0.3, -0.25) is 10.4 Å². The highest BCUT2D eigenvalue weighted by atomic mass is 19.1. The number of dihydropyridines is 1. The van der Waals surface area contributed by atoms with Crippen LogP contribution >= 0.6 is 0 Å². The molecule has 4 N–H and O–H groups in total. The molecule has 0 saturated carbocycles. The molecule has 0 fully saturated rings. The summed E-state index contributed by atoms with van der Waals surface area (Å²) in [6, 6.07) is 6.36. The van der Waals surface area contributed by atoms with Gasteiger partial charge in [0.05, 0.1) is 6.54 Å². The monoisotopic (exact) mass is 289 g/mol. The van der Waals surface area contributed by atoms with Gasteiger partial charge in [-0.2, -0.15) is 5.10 Å². The fourth-order valence-corrected chi connectivity index (χ4v) is 2.34. The molecule has 3 rings (SSSR count). The molecule has 21 heavy (non-hydrogen) atoms. The number of benzene rings is 1. The lowest BCUT2D eigenvalue weighted by atomic mass is 10.0. The maximum absolute atomic E-state index is 13.7. The van der Waals surface area contributed by atoms with Crippen molar-refractivity contribution in [2.45, 2.75) is 12.7 Å². The number of fused-ring (bicyclic) bond motifs is 1. The molecule has 0 radical (unpaired) electrons. The minimum absolute atomic E-state index is 0.188. The van der Waals surface area contributed by atoms with Crippen molar-refractivity contribution < 1.29 is 8.78 Å². The molecule has 1 aromatic rings. The van der Waals surface area contributed by atoms with Crippen LogP contribution in [0.25, 0.3) is 0 Å². The molecule has 0 amide bonds. The van der Waals surface area contributed by atoms with Crippen LogP contribution in [0.5, 0.6) is 0 Å². The second-order valence-electron chi connectivity index (χ2n) is 4.75. The third-order valence-corrected chi connectivity index (χ3v) is 3.31. The number of hydrogen-bond donors (Lipinski definition) is 3. The van der Waals surface area contributed by atoms with E-state index in [9.17, 15) is 8.78 Å². The van der Waals surface area contributed by atoms with Gasteiger partial charge in [-0.05, 0) is 12.1 Å². The molecule has 7 heteroatoms. The Balaban J connectivity index is 1.92. The molecular formula is C14H13F2N5. The van der Waals surface area contributed by atoms with Crippen LogP contribution in [-0.4, -0.2) is 22.7 Å². The van der Waals surface area contributed by atoms with E-state index in [4.69, 9.17) is 11.1 Å². The van der Waals surface area contributed by atoms with Gasteiger partial charge in [0.1, 0.15) is 29.4 Å². The second kappa shape index (κ2) is 5.01. The standard InChI is InChI=1S/C14H13F2N5/c15-9-5-10-12(13(17)18)20-21(14(10)19-6-9)7-8-3-1-2-4-11(8)16/h1-6,14,19H,7H2,(H3,17,18). The van der Waals surface area contributed by atoms with Gasteiger partial charge in [-0.15, -0.1) is 0 Å². The van der Waals surface area contributed by atoms with E-state index in [2.05, 4.69) is 10.4 Å². The summed E-state index contributed by atoms with van der Waals surface area (Å²) in [6.45, 7) is 0.188. The topological polar surface area (TPSA) is 77.5 Å². The van der Waals surface area contributed by atoms with Crippen molar-refractivity contribution in [3.05, 3.63) is 59.3 Å². The van der Waals surface area contributed by atoms with Crippen LogP contribution in [0.3, 0.4) is 0 Å².